The molecule has 0 heterocycles. The molecule has 2 aromatic rings. The number of aliphatic hydroxyl groups excluding tert-OH is 1. The Bertz CT molecular complexity index is 516. The lowest BCUT2D eigenvalue weighted by Crippen LogP contribution is -1.99. The van der Waals surface area contributed by atoms with Crippen LogP contribution >= 0.6 is 11.8 Å². The van der Waals surface area contributed by atoms with Crippen LogP contribution in [0, 0.1) is 0 Å². The standard InChI is InChI=1S/C18H22OS/c1-3-4-5-14-6-8-15(9-7-14)18(19)16-10-12-17(20-2)13-11-16/h6-13,18-19H,3-5H2,1-2H3. The summed E-state index contributed by atoms with van der Waals surface area (Å²) >= 11 is 1.71. The van der Waals surface area contributed by atoms with Gasteiger partial charge in [0.15, 0.2) is 0 Å². The van der Waals surface area contributed by atoms with Gasteiger partial charge in [0, 0.05) is 4.90 Å². The quantitative estimate of drug-likeness (QED) is 0.767. The third kappa shape index (κ3) is 3.87. The molecule has 0 aliphatic heterocycles. The summed E-state index contributed by atoms with van der Waals surface area (Å²) in [5.41, 5.74) is 3.26. The summed E-state index contributed by atoms with van der Waals surface area (Å²) in [6.07, 6.45) is 5.08. The van der Waals surface area contributed by atoms with Gasteiger partial charge in [0.2, 0.25) is 0 Å². The molecular formula is C18H22OS. The molecule has 1 nitrogen and oxygen atoms in total. The van der Waals surface area contributed by atoms with Gasteiger partial charge in [-0.05, 0) is 47.9 Å². The van der Waals surface area contributed by atoms with Crippen molar-refractivity contribution in [2.24, 2.45) is 0 Å². The summed E-state index contributed by atoms with van der Waals surface area (Å²) in [7, 11) is 0. The maximum atomic E-state index is 10.4. The van der Waals surface area contributed by atoms with Gasteiger partial charge < -0.3 is 5.11 Å². The van der Waals surface area contributed by atoms with Crippen LogP contribution < -0.4 is 0 Å². The molecule has 1 atom stereocenters. The smallest absolute Gasteiger partial charge is 0.104 e. The SMILES string of the molecule is CCCCc1ccc(C(O)c2ccc(SC)cc2)cc1. The van der Waals surface area contributed by atoms with E-state index in [4.69, 9.17) is 0 Å². The fourth-order valence-electron chi connectivity index (χ4n) is 2.23. The van der Waals surface area contributed by atoms with Crippen LogP contribution in [0.15, 0.2) is 53.4 Å². The van der Waals surface area contributed by atoms with Crippen LogP contribution in [0.25, 0.3) is 0 Å². The van der Waals surface area contributed by atoms with Crippen molar-refractivity contribution in [3.63, 3.8) is 0 Å². The second-order valence-electron chi connectivity index (χ2n) is 5.02. The highest BCUT2D eigenvalue weighted by Crippen LogP contribution is 2.24. The van der Waals surface area contributed by atoms with Crippen molar-refractivity contribution in [2.75, 3.05) is 6.26 Å². The molecule has 0 aromatic heterocycles. The number of aliphatic hydroxyl groups is 1. The summed E-state index contributed by atoms with van der Waals surface area (Å²) in [5, 5.41) is 10.4. The van der Waals surface area contributed by atoms with E-state index in [1.807, 2.05) is 24.3 Å². The normalized spacial score (nSPS) is 12.3. The van der Waals surface area contributed by atoms with Gasteiger partial charge in [-0.2, -0.15) is 0 Å². The molecule has 0 bridgehead atoms. The Hall–Kier alpha value is -1.25. The van der Waals surface area contributed by atoms with Gasteiger partial charge >= 0.3 is 0 Å². The van der Waals surface area contributed by atoms with Crippen LogP contribution in [-0.2, 0) is 6.42 Å². The number of rotatable bonds is 6. The summed E-state index contributed by atoms with van der Waals surface area (Å²) < 4.78 is 0. The Balaban J connectivity index is 2.09. The van der Waals surface area contributed by atoms with Gasteiger partial charge in [0.1, 0.15) is 6.10 Å². The Morgan fingerprint density at radius 2 is 1.50 bits per heavy atom. The Morgan fingerprint density at radius 1 is 0.950 bits per heavy atom. The molecule has 2 rings (SSSR count). The number of unbranched alkanes of at least 4 members (excludes halogenated alkanes) is 1. The molecule has 0 saturated heterocycles. The van der Waals surface area contributed by atoms with Gasteiger partial charge in [0.05, 0.1) is 0 Å². The molecule has 0 saturated carbocycles. The van der Waals surface area contributed by atoms with Crippen LogP contribution in [0.4, 0.5) is 0 Å². The van der Waals surface area contributed by atoms with Crippen LogP contribution in [0.3, 0.4) is 0 Å². The zero-order chi connectivity index (χ0) is 14.4. The van der Waals surface area contributed by atoms with Gasteiger partial charge in [0.25, 0.3) is 0 Å². The maximum Gasteiger partial charge on any atom is 0.104 e. The Morgan fingerprint density at radius 3 is 2.00 bits per heavy atom. The van der Waals surface area contributed by atoms with Gasteiger partial charge in [-0.3, -0.25) is 0 Å². The molecule has 1 unspecified atom stereocenters. The van der Waals surface area contributed by atoms with Crippen LogP contribution in [0.5, 0.6) is 0 Å². The van der Waals surface area contributed by atoms with Crippen molar-refractivity contribution in [3.8, 4) is 0 Å². The van der Waals surface area contributed by atoms with Crippen molar-refractivity contribution in [2.45, 2.75) is 37.2 Å². The molecule has 0 fully saturated rings. The minimum Gasteiger partial charge on any atom is -0.384 e. The highest BCUT2D eigenvalue weighted by molar-refractivity contribution is 7.98. The van der Waals surface area contributed by atoms with Crippen LogP contribution in [-0.4, -0.2) is 11.4 Å². The van der Waals surface area contributed by atoms with E-state index in [9.17, 15) is 5.11 Å². The molecule has 0 spiro atoms. The molecule has 0 aliphatic carbocycles. The second kappa shape index (κ2) is 7.51. The molecule has 2 aromatic carbocycles. The molecule has 20 heavy (non-hydrogen) atoms. The Labute approximate surface area is 126 Å². The predicted octanol–water partition coefficient (Wildman–Crippen LogP) is 4.83. The number of thioether (sulfide) groups is 1. The highest BCUT2D eigenvalue weighted by atomic mass is 32.2. The predicted molar refractivity (Wildman–Crippen MR) is 87.3 cm³/mol. The first-order valence-electron chi connectivity index (χ1n) is 7.15. The minimum atomic E-state index is -0.536. The first-order valence-corrected chi connectivity index (χ1v) is 8.38. The Kier molecular flexibility index (Phi) is 5.69. The van der Waals surface area contributed by atoms with Gasteiger partial charge in [-0.15, -0.1) is 11.8 Å². The average molecular weight is 286 g/mol. The first-order chi connectivity index (χ1) is 9.74. The molecule has 0 aliphatic rings. The fraction of sp³-hybridized carbons (Fsp3) is 0.333. The molecule has 1 N–H and O–H groups in total. The van der Waals surface area contributed by atoms with Crippen molar-refractivity contribution < 1.29 is 5.11 Å². The van der Waals surface area contributed by atoms with E-state index < -0.39 is 6.10 Å². The van der Waals surface area contributed by atoms with Gasteiger partial charge in [-0.1, -0.05) is 49.7 Å². The topological polar surface area (TPSA) is 20.2 Å². The van der Waals surface area contributed by atoms with E-state index in [0.717, 1.165) is 17.5 Å². The summed E-state index contributed by atoms with van der Waals surface area (Å²) in [5.74, 6) is 0. The van der Waals surface area contributed by atoms with Crippen LogP contribution in [0.1, 0.15) is 42.6 Å². The van der Waals surface area contributed by atoms with E-state index in [1.165, 1.54) is 23.3 Å². The zero-order valence-corrected chi connectivity index (χ0v) is 13.0. The summed E-state index contributed by atoms with van der Waals surface area (Å²) in [6.45, 7) is 2.20. The van der Waals surface area contributed by atoms with E-state index in [-0.39, 0.29) is 0 Å². The van der Waals surface area contributed by atoms with Gasteiger partial charge in [-0.25, -0.2) is 0 Å². The van der Waals surface area contributed by atoms with Crippen molar-refractivity contribution in [3.05, 3.63) is 65.2 Å². The van der Waals surface area contributed by atoms with E-state index in [1.54, 1.807) is 11.8 Å². The summed E-state index contributed by atoms with van der Waals surface area (Å²) in [4.78, 5) is 1.22. The van der Waals surface area contributed by atoms with Crippen molar-refractivity contribution in [1.82, 2.24) is 0 Å². The lowest BCUT2D eigenvalue weighted by atomic mass is 9.99. The monoisotopic (exact) mass is 286 g/mol. The molecule has 2 heteroatoms. The zero-order valence-electron chi connectivity index (χ0n) is 12.2. The summed E-state index contributed by atoms with van der Waals surface area (Å²) in [6, 6.07) is 16.5. The average Bonchev–Trinajstić information content (AvgIpc) is 2.53. The molecule has 0 radical (unpaired) electrons. The van der Waals surface area contributed by atoms with Crippen molar-refractivity contribution in [1.29, 1.82) is 0 Å². The third-order valence-corrected chi connectivity index (χ3v) is 4.29. The van der Waals surface area contributed by atoms with E-state index in [0.29, 0.717) is 0 Å². The number of benzene rings is 2. The van der Waals surface area contributed by atoms with Crippen LogP contribution in [0.2, 0.25) is 0 Å². The highest BCUT2D eigenvalue weighted by Gasteiger charge is 2.10. The molecular weight excluding hydrogens is 264 g/mol. The molecule has 106 valence electrons. The third-order valence-electron chi connectivity index (χ3n) is 3.55. The second-order valence-corrected chi connectivity index (χ2v) is 5.90. The lowest BCUT2D eigenvalue weighted by molar-refractivity contribution is 0.220. The van der Waals surface area contributed by atoms with E-state index >= 15 is 0 Å². The fourth-order valence-corrected chi connectivity index (χ4v) is 2.63. The van der Waals surface area contributed by atoms with E-state index in [2.05, 4.69) is 37.4 Å². The maximum absolute atomic E-state index is 10.4. The molecule has 0 amide bonds. The number of hydrogen-bond acceptors (Lipinski definition) is 2. The van der Waals surface area contributed by atoms with Crippen molar-refractivity contribution >= 4 is 11.8 Å². The number of hydrogen-bond donors (Lipinski definition) is 1. The lowest BCUT2D eigenvalue weighted by Gasteiger charge is -2.12. The minimum absolute atomic E-state index is 0.536. The largest absolute Gasteiger partial charge is 0.384 e. The first kappa shape index (κ1) is 15.1. The number of aryl methyl sites for hydroxylation is 1.